The molecule has 0 bridgehead atoms. The fourth-order valence-corrected chi connectivity index (χ4v) is 1.90. The number of benzene rings is 1. The van der Waals surface area contributed by atoms with E-state index in [-0.39, 0.29) is 30.1 Å². The molecule has 0 aromatic heterocycles. The molecule has 3 N–H and O–H groups in total. The molecular weight excluding hydrogens is 320 g/mol. The highest BCUT2D eigenvalue weighted by atomic mass is 35.5. The molecule has 0 aliphatic heterocycles. The highest BCUT2D eigenvalue weighted by molar-refractivity contribution is 5.99. The fraction of sp³-hybridized carbons (Fsp3) is 0.400. The van der Waals surface area contributed by atoms with Gasteiger partial charge in [-0.05, 0) is 25.2 Å². The van der Waals surface area contributed by atoms with Crippen LogP contribution in [0.5, 0.6) is 0 Å². The van der Waals surface area contributed by atoms with Gasteiger partial charge in [-0.1, -0.05) is 0 Å². The van der Waals surface area contributed by atoms with Crippen LogP contribution < -0.4 is 16.0 Å². The molecule has 3 amide bonds. The summed E-state index contributed by atoms with van der Waals surface area (Å²) < 4.78 is 0. The van der Waals surface area contributed by atoms with Crippen molar-refractivity contribution in [2.75, 3.05) is 37.8 Å². The van der Waals surface area contributed by atoms with Gasteiger partial charge in [-0.25, -0.2) is 0 Å². The average Bonchev–Trinajstić information content (AvgIpc) is 2.42. The van der Waals surface area contributed by atoms with Crippen molar-refractivity contribution in [2.24, 2.45) is 0 Å². The minimum absolute atomic E-state index is 0. The summed E-state index contributed by atoms with van der Waals surface area (Å²) in [5.41, 5.74) is 1.32. The number of amides is 3. The number of hydrogen-bond donors (Lipinski definition) is 3. The molecule has 0 fully saturated rings. The number of carbonyl (C=O) groups is 3. The van der Waals surface area contributed by atoms with Gasteiger partial charge in [0.1, 0.15) is 0 Å². The number of anilines is 2. The molecule has 1 aromatic carbocycles. The van der Waals surface area contributed by atoms with Gasteiger partial charge in [-0.15, -0.1) is 12.4 Å². The Balaban J connectivity index is 0.00000484. The third-order valence-corrected chi connectivity index (χ3v) is 2.86. The lowest BCUT2D eigenvalue weighted by Crippen LogP contribution is -2.32. The van der Waals surface area contributed by atoms with E-state index in [0.717, 1.165) is 0 Å². The SMILES string of the molecule is CNCCN(C)C(=O)c1cc(NC(C)=O)cc(NC(C)=O)c1.Cl. The molecule has 23 heavy (non-hydrogen) atoms. The Morgan fingerprint density at radius 1 is 1.00 bits per heavy atom. The second-order valence-electron chi connectivity index (χ2n) is 4.99. The van der Waals surface area contributed by atoms with E-state index in [1.54, 1.807) is 30.1 Å². The van der Waals surface area contributed by atoms with Crippen LogP contribution in [0.4, 0.5) is 11.4 Å². The third-order valence-electron chi connectivity index (χ3n) is 2.86. The lowest BCUT2D eigenvalue weighted by molar-refractivity contribution is -0.115. The van der Waals surface area contributed by atoms with Crippen molar-refractivity contribution in [3.05, 3.63) is 23.8 Å². The maximum atomic E-state index is 12.4. The first-order valence-corrected chi connectivity index (χ1v) is 6.94. The van der Waals surface area contributed by atoms with Crippen LogP contribution in [-0.4, -0.2) is 49.8 Å². The van der Waals surface area contributed by atoms with Gasteiger partial charge < -0.3 is 20.9 Å². The number of nitrogens with one attached hydrogen (secondary N) is 3. The van der Waals surface area contributed by atoms with Crippen LogP contribution in [0.15, 0.2) is 18.2 Å². The summed E-state index contributed by atoms with van der Waals surface area (Å²) in [6.45, 7) is 3.98. The number of rotatable bonds is 6. The van der Waals surface area contributed by atoms with Crippen molar-refractivity contribution >= 4 is 41.5 Å². The molecule has 0 aliphatic carbocycles. The van der Waals surface area contributed by atoms with Gasteiger partial charge in [0, 0.05) is 50.9 Å². The lowest BCUT2D eigenvalue weighted by Gasteiger charge is -2.18. The summed E-state index contributed by atoms with van der Waals surface area (Å²) in [5.74, 6) is -0.683. The highest BCUT2D eigenvalue weighted by Crippen LogP contribution is 2.20. The molecule has 0 saturated heterocycles. The van der Waals surface area contributed by atoms with Crippen molar-refractivity contribution in [1.82, 2.24) is 10.2 Å². The Hall–Kier alpha value is -2.12. The van der Waals surface area contributed by atoms with E-state index in [4.69, 9.17) is 0 Å². The lowest BCUT2D eigenvalue weighted by atomic mass is 10.1. The molecule has 0 heterocycles. The van der Waals surface area contributed by atoms with Gasteiger partial charge in [0.25, 0.3) is 5.91 Å². The van der Waals surface area contributed by atoms with Crippen LogP contribution in [0.3, 0.4) is 0 Å². The van der Waals surface area contributed by atoms with Crippen LogP contribution >= 0.6 is 12.4 Å². The first kappa shape index (κ1) is 20.9. The van der Waals surface area contributed by atoms with Crippen molar-refractivity contribution in [3.8, 4) is 0 Å². The van der Waals surface area contributed by atoms with Crippen LogP contribution in [0, 0.1) is 0 Å². The summed E-state index contributed by atoms with van der Waals surface area (Å²) in [5, 5.41) is 8.22. The zero-order valence-electron chi connectivity index (χ0n) is 13.7. The fourth-order valence-electron chi connectivity index (χ4n) is 1.90. The highest BCUT2D eigenvalue weighted by Gasteiger charge is 2.14. The monoisotopic (exact) mass is 342 g/mol. The zero-order valence-corrected chi connectivity index (χ0v) is 14.5. The molecule has 1 aromatic rings. The molecular formula is C15H23ClN4O3. The van der Waals surface area contributed by atoms with E-state index in [1.165, 1.54) is 13.8 Å². The smallest absolute Gasteiger partial charge is 0.253 e. The summed E-state index contributed by atoms with van der Waals surface area (Å²) in [6.07, 6.45) is 0. The Bertz CT molecular complexity index is 544. The molecule has 0 spiro atoms. The van der Waals surface area contributed by atoms with Gasteiger partial charge >= 0.3 is 0 Å². The summed E-state index contributed by atoms with van der Waals surface area (Å²) in [6, 6.07) is 4.78. The van der Waals surface area contributed by atoms with Crippen molar-refractivity contribution in [3.63, 3.8) is 0 Å². The molecule has 0 radical (unpaired) electrons. The van der Waals surface area contributed by atoms with Crippen LogP contribution in [-0.2, 0) is 9.59 Å². The van der Waals surface area contributed by atoms with E-state index in [1.807, 2.05) is 7.05 Å². The Labute approximate surface area is 142 Å². The molecule has 8 heteroatoms. The Morgan fingerprint density at radius 2 is 1.48 bits per heavy atom. The van der Waals surface area contributed by atoms with E-state index in [0.29, 0.717) is 30.0 Å². The quantitative estimate of drug-likeness (QED) is 0.727. The van der Waals surface area contributed by atoms with E-state index in [2.05, 4.69) is 16.0 Å². The first-order valence-electron chi connectivity index (χ1n) is 6.94. The summed E-state index contributed by atoms with van der Waals surface area (Å²) in [7, 11) is 3.51. The van der Waals surface area contributed by atoms with Gasteiger partial charge in [0.2, 0.25) is 11.8 Å². The summed E-state index contributed by atoms with van der Waals surface area (Å²) >= 11 is 0. The van der Waals surface area contributed by atoms with Gasteiger partial charge in [-0.2, -0.15) is 0 Å². The van der Waals surface area contributed by atoms with Crippen molar-refractivity contribution in [1.29, 1.82) is 0 Å². The normalized spacial score (nSPS) is 9.57. The van der Waals surface area contributed by atoms with Crippen molar-refractivity contribution in [2.45, 2.75) is 13.8 Å². The minimum atomic E-state index is -0.248. The third kappa shape index (κ3) is 7.12. The minimum Gasteiger partial charge on any atom is -0.340 e. The van der Waals surface area contributed by atoms with Crippen LogP contribution in [0.1, 0.15) is 24.2 Å². The molecule has 0 saturated carbocycles. The largest absolute Gasteiger partial charge is 0.340 e. The second kappa shape index (κ2) is 9.81. The molecule has 0 atom stereocenters. The molecule has 0 unspecified atom stereocenters. The van der Waals surface area contributed by atoms with Gasteiger partial charge in [0.05, 0.1) is 0 Å². The number of carbonyl (C=O) groups excluding carboxylic acids is 3. The van der Waals surface area contributed by atoms with E-state index >= 15 is 0 Å². The Morgan fingerprint density at radius 3 is 1.87 bits per heavy atom. The van der Waals surface area contributed by atoms with E-state index < -0.39 is 0 Å². The molecule has 0 aliphatic rings. The van der Waals surface area contributed by atoms with E-state index in [9.17, 15) is 14.4 Å². The van der Waals surface area contributed by atoms with Crippen LogP contribution in [0.2, 0.25) is 0 Å². The average molecular weight is 343 g/mol. The molecule has 128 valence electrons. The maximum absolute atomic E-state index is 12.4. The second-order valence-corrected chi connectivity index (χ2v) is 4.99. The van der Waals surface area contributed by atoms with Crippen LogP contribution in [0.25, 0.3) is 0 Å². The number of hydrogen-bond acceptors (Lipinski definition) is 4. The maximum Gasteiger partial charge on any atom is 0.253 e. The topological polar surface area (TPSA) is 90.5 Å². The predicted octanol–water partition coefficient (Wildman–Crippen LogP) is 1.32. The molecule has 1 rings (SSSR count). The summed E-state index contributed by atoms with van der Waals surface area (Å²) in [4.78, 5) is 36.4. The standard InChI is InChI=1S/C15H22N4O3.ClH/c1-10(20)17-13-7-12(8-14(9-13)18-11(2)21)15(22)19(4)6-5-16-3;/h7-9,16H,5-6H2,1-4H3,(H,17,20)(H,18,21);1H. The number of likely N-dealkylation sites (N-methyl/N-ethyl adjacent to an activating group) is 2. The van der Waals surface area contributed by atoms with Gasteiger partial charge in [0.15, 0.2) is 0 Å². The predicted molar refractivity (Wildman–Crippen MR) is 93.2 cm³/mol. The first-order chi connectivity index (χ1) is 10.3. The number of halogens is 1. The zero-order chi connectivity index (χ0) is 16.7. The van der Waals surface area contributed by atoms with Crippen molar-refractivity contribution < 1.29 is 14.4 Å². The Kier molecular flexibility index (Phi) is 8.90. The van der Waals surface area contributed by atoms with Gasteiger partial charge in [-0.3, -0.25) is 14.4 Å². The number of nitrogens with zero attached hydrogens (tertiary/aromatic N) is 1. The molecule has 7 nitrogen and oxygen atoms in total.